The number of thiophene rings is 1. The molecule has 0 spiro atoms. The van der Waals surface area contributed by atoms with Crippen LogP contribution in [0.2, 0.25) is 0 Å². The molecule has 0 bridgehead atoms. The van der Waals surface area contributed by atoms with E-state index in [0.29, 0.717) is 0 Å². The molecule has 66 valence electrons. The molecule has 0 aliphatic carbocycles. The van der Waals surface area contributed by atoms with Crippen LogP contribution in [0.1, 0.15) is 41.4 Å². The van der Waals surface area contributed by atoms with Gasteiger partial charge < -0.3 is 0 Å². The summed E-state index contributed by atoms with van der Waals surface area (Å²) in [5.74, 6) is 0. The number of hydrogen-bond donors (Lipinski definition) is 0. The Morgan fingerprint density at radius 3 is 3.00 bits per heavy atom. The standard InChI is InChI=1S/C10H14OS/c1-2-3-4-5-10-9(8-11)6-7-12-10/h6-8H,2-5H2,1H3. The van der Waals surface area contributed by atoms with Crippen LogP contribution in [0.4, 0.5) is 0 Å². The Labute approximate surface area is 77.4 Å². The van der Waals surface area contributed by atoms with Gasteiger partial charge in [0.05, 0.1) is 0 Å². The lowest BCUT2D eigenvalue weighted by Crippen LogP contribution is -1.86. The third kappa shape index (κ3) is 2.45. The summed E-state index contributed by atoms with van der Waals surface area (Å²) in [6, 6.07) is 1.90. The van der Waals surface area contributed by atoms with E-state index in [-0.39, 0.29) is 0 Å². The Kier molecular flexibility index (Phi) is 4.01. The van der Waals surface area contributed by atoms with Gasteiger partial charge in [-0.25, -0.2) is 0 Å². The first-order valence-corrected chi connectivity index (χ1v) is 5.28. The Morgan fingerprint density at radius 2 is 2.33 bits per heavy atom. The van der Waals surface area contributed by atoms with E-state index in [1.54, 1.807) is 11.3 Å². The van der Waals surface area contributed by atoms with Gasteiger partial charge in [-0.3, -0.25) is 4.79 Å². The summed E-state index contributed by atoms with van der Waals surface area (Å²) >= 11 is 1.69. The maximum absolute atomic E-state index is 10.5. The van der Waals surface area contributed by atoms with E-state index in [1.807, 2.05) is 11.4 Å². The fourth-order valence-electron chi connectivity index (χ4n) is 1.19. The lowest BCUT2D eigenvalue weighted by atomic mass is 10.1. The predicted molar refractivity (Wildman–Crippen MR) is 52.9 cm³/mol. The van der Waals surface area contributed by atoms with Crippen LogP contribution in [-0.2, 0) is 6.42 Å². The average molecular weight is 182 g/mol. The maximum Gasteiger partial charge on any atom is 0.151 e. The minimum Gasteiger partial charge on any atom is -0.298 e. The van der Waals surface area contributed by atoms with Gasteiger partial charge in [0.2, 0.25) is 0 Å². The Balaban J connectivity index is 2.45. The molecular formula is C10H14OS. The van der Waals surface area contributed by atoms with Crippen LogP contribution in [0.15, 0.2) is 11.4 Å². The molecule has 0 N–H and O–H groups in total. The van der Waals surface area contributed by atoms with Crippen molar-refractivity contribution in [1.29, 1.82) is 0 Å². The van der Waals surface area contributed by atoms with Crippen LogP contribution in [0.3, 0.4) is 0 Å². The second kappa shape index (κ2) is 5.09. The van der Waals surface area contributed by atoms with E-state index in [4.69, 9.17) is 0 Å². The number of carbonyl (C=O) groups is 1. The first kappa shape index (κ1) is 9.46. The summed E-state index contributed by atoms with van der Waals surface area (Å²) in [4.78, 5) is 11.8. The number of aldehydes is 1. The molecule has 0 saturated carbocycles. The highest BCUT2D eigenvalue weighted by Crippen LogP contribution is 2.17. The molecule has 0 aromatic carbocycles. The normalized spacial score (nSPS) is 10.1. The number of unbranched alkanes of at least 4 members (excludes halogenated alkanes) is 2. The van der Waals surface area contributed by atoms with Gasteiger partial charge in [0.25, 0.3) is 0 Å². The minimum absolute atomic E-state index is 0.885. The lowest BCUT2D eigenvalue weighted by molar-refractivity contribution is 0.112. The number of hydrogen-bond acceptors (Lipinski definition) is 2. The van der Waals surface area contributed by atoms with Crippen LogP contribution in [0.5, 0.6) is 0 Å². The highest BCUT2D eigenvalue weighted by molar-refractivity contribution is 7.10. The number of aryl methyl sites for hydroxylation is 1. The average Bonchev–Trinajstić information content (AvgIpc) is 2.52. The zero-order chi connectivity index (χ0) is 8.81. The van der Waals surface area contributed by atoms with Gasteiger partial charge in [-0.1, -0.05) is 19.8 Å². The highest BCUT2D eigenvalue weighted by atomic mass is 32.1. The van der Waals surface area contributed by atoms with Crippen LogP contribution in [0, 0.1) is 0 Å². The fourth-order valence-corrected chi connectivity index (χ4v) is 2.09. The van der Waals surface area contributed by atoms with Crippen molar-refractivity contribution >= 4 is 17.6 Å². The Bertz CT molecular complexity index is 240. The lowest BCUT2D eigenvalue weighted by Gasteiger charge is -1.96. The summed E-state index contributed by atoms with van der Waals surface area (Å²) in [6.07, 6.45) is 5.73. The van der Waals surface area contributed by atoms with Crippen molar-refractivity contribution in [2.75, 3.05) is 0 Å². The second-order valence-corrected chi connectivity index (χ2v) is 3.87. The molecule has 1 rings (SSSR count). The Morgan fingerprint density at radius 1 is 1.50 bits per heavy atom. The molecule has 1 nitrogen and oxygen atoms in total. The van der Waals surface area contributed by atoms with E-state index >= 15 is 0 Å². The molecule has 0 saturated heterocycles. The first-order chi connectivity index (χ1) is 5.88. The molecule has 12 heavy (non-hydrogen) atoms. The summed E-state index contributed by atoms with van der Waals surface area (Å²) in [5.41, 5.74) is 0.885. The van der Waals surface area contributed by atoms with E-state index in [2.05, 4.69) is 6.92 Å². The Hall–Kier alpha value is -0.630. The zero-order valence-corrected chi connectivity index (χ0v) is 8.19. The van der Waals surface area contributed by atoms with Crippen LogP contribution in [0.25, 0.3) is 0 Å². The molecule has 1 aromatic heterocycles. The molecule has 1 aromatic rings. The molecule has 0 unspecified atom stereocenters. The predicted octanol–water partition coefficient (Wildman–Crippen LogP) is 3.29. The molecule has 0 atom stereocenters. The van der Waals surface area contributed by atoms with Crippen molar-refractivity contribution in [2.45, 2.75) is 32.6 Å². The number of carbonyl (C=O) groups excluding carboxylic acids is 1. The van der Waals surface area contributed by atoms with E-state index in [0.717, 1.165) is 18.3 Å². The van der Waals surface area contributed by atoms with Gasteiger partial charge in [-0.2, -0.15) is 0 Å². The van der Waals surface area contributed by atoms with E-state index < -0.39 is 0 Å². The van der Waals surface area contributed by atoms with Gasteiger partial charge in [-0.15, -0.1) is 11.3 Å². The quantitative estimate of drug-likeness (QED) is 0.504. The van der Waals surface area contributed by atoms with Crippen LogP contribution < -0.4 is 0 Å². The fraction of sp³-hybridized carbons (Fsp3) is 0.500. The number of rotatable bonds is 5. The van der Waals surface area contributed by atoms with Gasteiger partial charge in [0.1, 0.15) is 0 Å². The molecule has 0 aliphatic heterocycles. The third-order valence-corrected chi connectivity index (χ3v) is 2.91. The summed E-state index contributed by atoms with van der Waals surface area (Å²) in [5, 5.41) is 1.99. The van der Waals surface area contributed by atoms with E-state index in [1.165, 1.54) is 24.1 Å². The van der Waals surface area contributed by atoms with Gasteiger partial charge in [0, 0.05) is 10.4 Å². The van der Waals surface area contributed by atoms with Gasteiger partial charge >= 0.3 is 0 Å². The monoisotopic (exact) mass is 182 g/mol. The van der Waals surface area contributed by atoms with E-state index in [9.17, 15) is 4.79 Å². The smallest absolute Gasteiger partial charge is 0.151 e. The largest absolute Gasteiger partial charge is 0.298 e. The van der Waals surface area contributed by atoms with Crippen molar-refractivity contribution in [2.24, 2.45) is 0 Å². The topological polar surface area (TPSA) is 17.1 Å². The van der Waals surface area contributed by atoms with Crippen molar-refractivity contribution in [3.05, 3.63) is 21.9 Å². The van der Waals surface area contributed by atoms with Crippen molar-refractivity contribution in [1.82, 2.24) is 0 Å². The second-order valence-electron chi connectivity index (χ2n) is 2.87. The maximum atomic E-state index is 10.5. The van der Waals surface area contributed by atoms with Crippen molar-refractivity contribution < 1.29 is 4.79 Å². The summed E-state index contributed by atoms with van der Waals surface area (Å²) in [6.45, 7) is 2.19. The molecule has 2 heteroatoms. The SMILES string of the molecule is CCCCCc1sccc1C=O. The van der Waals surface area contributed by atoms with Crippen LogP contribution in [-0.4, -0.2) is 6.29 Å². The molecule has 1 heterocycles. The molecule has 0 amide bonds. The minimum atomic E-state index is 0.885. The molecular weight excluding hydrogens is 168 g/mol. The van der Waals surface area contributed by atoms with Gasteiger partial charge in [-0.05, 0) is 24.3 Å². The third-order valence-electron chi connectivity index (χ3n) is 1.91. The first-order valence-electron chi connectivity index (χ1n) is 4.40. The molecule has 0 fully saturated rings. The highest BCUT2D eigenvalue weighted by Gasteiger charge is 2.01. The van der Waals surface area contributed by atoms with Crippen molar-refractivity contribution in [3.63, 3.8) is 0 Å². The summed E-state index contributed by atoms with van der Waals surface area (Å²) < 4.78 is 0. The molecule has 0 radical (unpaired) electrons. The summed E-state index contributed by atoms with van der Waals surface area (Å²) in [7, 11) is 0. The van der Waals surface area contributed by atoms with Crippen molar-refractivity contribution in [3.8, 4) is 0 Å². The van der Waals surface area contributed by atoms with Gasteiger partial charge in [0.15, 0.2) is 6.29 Å². The van der Waals surface area contributed by atoms with Crippen LogP contribution >= 0.6 is 11.3 Å². The molecule has 0 aliphatic rings. The zero-order valence-electron chi connectivity index (χ0n) is 7.38.